The summed E-state index contributed by atoms with van der Waals surface area (Å²) in [5, 5.41) is 5.86. The van der Waals surface area contributed by atoms with E-state index < -0.39 is 12.1 Å². The third-order valence-electron chi connectivity index (χ3n) is 8.63. The van der Waals surface area contributed by atoms with Crippen LogP contribution in [0.15, 0.2) is 95.8 Å². The molecular weight excluding hydrogens is 598 g/mol. The molecule has 2 atom stereocenters. The number of nitrogens with one attached hydrogen (secondary N) is 4. The number of nitrogens with zero attached hydrogens (tertiary/aromatic N) is 3. The number of aromatic amines is 2. The molecule has 0 saturated carbocycles. The van der Waals surface area contributed by atoms with Gasteiger partial charge in [-0.15, -0.1) is 0 Å². The number of hydrogen-bond donors (Lipinski definition) is 4. The average Bonchev–Trinajstić information content (AvgIpc) is 3.93. The van der Waals surface area contributed by atoms with Gasteiger partial charge < -0.3 is 34.8 Å². The number of carbonyl (C=O) groups is 4. The third kappa shape index (κ3) is 6.17. The van der Waals surface area contributed by atoms with E-state index >= 15 is 0 Å². The zero-order valence-corrected chi connectivity index (χ0v) is 25.4. The monoisotopic (exact) mass is 631 g/mol. The molecule has 0 bridgehead atoms. The van der Waals surface area contributed by atoms with Crippen LogP contribution in [0.2, 0.25) is 0 Å². The molecule has 2 fully saturated rings. The Morgan fingerprint density at radius 1 is 0.681 bits per heavy atom. The Hall–Kier alpha value is -5.91. The largest absolute Gasteiger partial charge is 0.436 e. The van der Waals surface area contributed by atoms with E-state index in [0.717, 1.165) is 24.0 Å². The topological polar surface area (TPSA) is 156 Å². The maximum atomic E-state index is 13.1. The van der Waals surface area contributed by atoms with Gasteiger partial charge in [-0.3, -0.25) is 19.2 Å². The Kier molecular flexibility index (Phi) is 8.13. The van der Waals surface area contributed by atoms with E-state index in [1.807, 2.05) is 24.3 Å². The number of H-pyrrole nitrogens is 2. The number of oxazole rings is 1. The van der Waals surface area contributed by atoms with Crippen LogP contribution in [0.5, 0.6) is 0 Å². The Morgan fingerprint density at radius 3 is 1.64 bits per heavy atom. The van der Waals surface area contributed by atoms with Gasteiger partial charge in [0.05, 0.1) is 6.20 Å². The molecule has 47 heavy (non-hydrogen) atoms. The predicted octanol–water partition coefficient (Wildman–Crippen LogP) is 5.15. The van der Waals surface area contributed by atoms with Gasteiger partial charge in [0.25, 0.3) is 11.8 Å². The number of aromatic nitrogens is 3. The minimum absolute atomic E-state index is 0.180. The van der Waals surface area contributed by atoms with E-state index in [0.29, 0.717) is 60.3 Å². The first-order chi connectivity index (χ1) is 22.9. The maximum absolute atomic E-state index is 13.1. The predicted molar refractivity (Wildman–Crippen MR) is 174 cm³/mol. The molecule has 5 aromatic rings. The van der Waals surface area contributed by atoms with Crippen molar-refractivity contribution in [2.45, 2.75) is 37.8 Å². The number of likely N-dealkylation sites (tertiary alicyclic amines) is 2. The van der Waals surface area contributed by atoms with Gasteiger partial charge in [-0.1, -0.05) is 0 Å². The van der Waals surface area contributed by atoms with Gasteiger partial charge in [-0.2, -0.15) is 0 Å². The fourth-order valence-corrected chi connectivity index (χ4v) is 6.21. The fraction of sp³-hybridized carbons (Fsp3) is 0.229. The summed E-state index contributed by atoms with van der Waals surface area (Å²) in [5.74, 6) is 0.171. The Morgan fingerprint density at radius 2 is 1.17 bits per heavy atom. The molecule has 4 N–H and O–H groups in total. The normalized spacial score (nSPS) is 17.5. The van der Waals surface area contributed by atoms with Crippen molar-refractivity contribution in [3.63, 3.8) is 0 Å². The summed E-state index contributed by atoms with van der Waals surface area (Å²) in [6.45, 7) is 1.08. The number of carbonyl (C=O) groups excluding carboxylic acids is 4. The number of rotatable bonds is 8. The van der Waals surface area contributed by atoms with Gasteiger partial charge in [0.15, 0.2) is 5.76 Å². The number of anilines is 2. The van der Waals surface area contributed by atoms with Crippen molar-refractivity contribution >= 4 is 35.0 Å². The molecule has 12 heteroatoms. The molecule has 2 aliphatic rings. The molecule has 12 nitrogen and oxygen atoms in total. The van der Waals surface area contributed by atoms with Crippen LogP contribution in [0, 0.1) is 0 Å². The van der Waals surface area contributed by atoms with Crippen molar-refractivity contribution < 1.29 is 23.6 Å². The summed E-state index contributed by atoms with van der Waals surface area (Å²) in [6.07, 6.45) is 7.78. The van der Waals surface area contributed by atoms with E-state index in [2.05, 4.69) is 25.6 Å². The Labute approximate surface area is 270 Å². The van der Waals surface area contributed by atoms with Crippen LogP contribution in [0.4, 0.5) is 11.4 Å². The average molecular weight is 632 g/mol. The van der Waals surface area contributed by atoms with Crippen LogP contribution in [-0.2, 0) is 9.59 Å². The van der Waals surface area contributed by atoms with Crippen LogP contribution in [0.3, 0.4) is 0 Å². The van der Waals surface area contributed by atoms with Crippen LogP contribution in [0.1, 0.15) is 46.7 Å². The molecule has 0 radical (unpaired) electrons. The SMILES string of the molecule is O=C(Nc1ccc(-c2cnc(-c3ccc(NC(=O)C4CCCN4C(=O)c4ccc[nH]4)cc3)o2)cc1)C1CCCN1C(=O)c1ccc[nH]1. The van der Waals surface area contributed by atoms with Crippen LogP contribution >= 0.6 is 0 Å². The molecule has 2 aliphatic heterocycles. The molecule has 7 rings (SSSR count). The highest BCUT2D eigenvalue weighted by Crippen LogP contribution is 2.29. The summed E-state index contributed by atoms with van der Waals surface area (Å²) in [7, 11) is 0. The van der Waals surface area contributed by atoms with Crippen molar-refractivity contribution in [3.8, 4) is 22.8 Å². The number of amides is 4. The summed E-state index contributed by atoms with van der Waals surface area (Å²) in [4.78, 5) is 65.3. The lowest BCUT2D eigenvalue weighted by atomic mass is 10.1. The lowest BCUT2D eigenvalue weighted by Gasteiger charge is -2.23. The van der Waals surface area contributed by atoms with Crippen molar-refractivity contribution in [2.24, 2.45) is 0 Å². The van der Waals surface area contributed by atoms with Crippen molar-refractivity contribution in [2.75, 3.05) is 23.7 Å². The maximum Gasteiger partial charge on any atom is 0.270 e. The van der Waals surface area contributed by atoms with Gasteiger partial charge >= 0.3 is 0 Å². The third-order valence-corrected chi connectivity index (χ3v) is 8.63. The zero-order chi connectivity index (χ0) is 32.3. The van der Waals surface area contributed by atoms with Gasteiger partial charge in [0.2, 0.25) is 17.7 Å². The summed E-state index contributed by atoms with van der Waals surface area (Å²) in [5.41, 5.74) is 3.68. The van der Waals surface area contributed by atoms with Crippen molar-refractivity contribution in [3.05, 3.63) is 103 Å². The minimum atomic E-state index is -0.532. The minimum Gasteiger partial charge on any atom is -0.436 e. The van der Waals surface area contributed by atoms with Gasteiger partial charge in [-0.25, -0.2) is 4.98 Å². The number of benzene rings is 2. The number of hydrogen-bond acceptors (Lipinski definition) is 6. The van der Waals surface area contributed by atoms with Gasteiger partial charge in [0.1, 0.15) is 23.5 Å². The van der Waals surface area contributed by atoms with Gasteiger partial charge in [-0.05, 0) is 98.5 Å². The second-order valence-electron chi connectivity index (χ2n) is 11.6. The van der Waals surface area contributed by atoms with E-state index in [9.17, 15) is 19.2 Å². The van der Waals surface area contributed by atoms with Crippen molar-refractivity contribution in [1.29, 1.82) is 0 Å². The van der Waals surface area contributed by atoms with E-state index in [1.165, 1.54) is 0 Å². The smallest absolute Gasteiger partial charge is 0.270 e. The quantitative estimate of drug-likeness (QED) is 0.186. The van der Waals surface area contributed by atoms with Crippen LogP contribution < -0.4 is 10.6 Å². The molecule has 0 spiro atoms. The second-order valence-corrected chi connectivity index (χ2v) is 11.6. The zero-order valence-electron chi connectivity index (χ0n) is 25.4. The molecule has 5 heterocycles. The second kappa shape index (κ2) is 12.8. The van der Waals surface area contributed by atoms with Crippen LogP contribution in [-0.4, -0.2) is 73.6 Å². The lowest BCUT2D eigenvalue weighted by Crippen LogP contribution is -2.43. The highest BCUT2D eigenvalue weighted by Gasteiger charge is 2.36. The first kappa shape index (κ1) is 29.8. The molecule has 4 amide bonds. The highest BCUT2D eigenvalue weighted by molar-refractivity contribution is 6.02. The molecule has 3 aromatic heterocycles. The van der Waals surface area contributed by atoms with Crippen molar-refractivity contribution in [1.82, 2.24) is 24.8 Å². The summed E-state index contributed by atoms with van der Waals surface area (Å²) >= 11 is 0. The standard InChI is InChI=1S/C35H33N7O5/c43-31(28-7-3-19-41(28)34(45)26-5-1-17-36-26)39-24-13-9-22(10-14-24)30-21-38-33(47-30)23-11-15-25(16-12-23)40-32(44)29-8-4-20-42(29)35(46)27-6-2-18-37-27/h1-2,5-6,9-18,21,28-29,36-37H,3-4,7-8,19-20H2,(H,39,43)(H,40,44). The molecule has 0 aliphatic carbocycles. The molecule has 2 aromatic carbocycles. The summed E-state index contributed by atoms with van der Waals surface area (Å²) in [6, 6.07) is 20.3. The molecule has 2 unspecified atom stereocenters. The molecule has 238 valence electrons. The first-order valence-electron chi connectivity index (χ1n) is 15.6. The highest BCUT2D eigenvalue weighted by atomic mass is 16.4. The Balaban J connectivity index is 0.954. The van der Waals surface area contributed by atoms with Crippen LogP contribution in [0.25, 0.3) is 22.8 Å². The fourth-order valence-electron chi connectivity index (χ4n) is 6.21. The molecule has 2 saturated heterocycles. The van der Waals surface area contributed by atoms with E-state index in [-0.39, 0.29) is 23.6 Å². The molecular formula is C35H33N7O5. The first-order valence-corrected chi connectivity index (χ1v) is 15.6. The Bertz CT molecular complexity index is 1740. The van der Waals surface area contributed by atoms with E-state index in [1.54, 1.807) is 76.9 Å². The van der Waals surface area contributed by atoms with E-state index in [4.69, 9.17) is 4.42 Å². The van der Waals surface area contributed by atoms with Gasteiger partial charge in [0, 0.05) is 48.0 Å². The lowest BCUT2D eigenvalue weighted by molar-refractivity contribution is -0.120. The summed E-state index contributed by atoms with van der Waals surface area (Å²) < 4.78 is 6.03.